The molecular formula is C28H24N4O6S. The van der Waals surface area contributed by atoms with E-state index in [1.807, 2.05) is 20.8 Å². The first-order chi connectivity index (χ1) is 18.7. The van der Waals surface area contributed by atoms with Gasteiger partial charge in [-0.15, -0.1) is 0 Å². The molecule has 1 fully saturated rings. The second kappa shape index (κ2) is 10.3. The van der Waals surface area contributed by atoms with Gasteiger partial charge < -0.3 is 9.84 Å². The van der Waals surface area contributed by atoms with Crippen LogP contribution < -0.4 is 9.64 Å². The number of hydrogen-bond donors (Lipinski definition) is 1. The molecule has 5 rings (SSSR count). The molecule has 2 aromatic carbocycles. The smallest absolute Gasteiger partial charge is 0.301 e. The molecule has 4 aromatic rings. The molecule has 0 radical (unpaired) electrons. The average molecular weight is 545 g/mol. The highest BCUT2D eigenvalue weighted by Crippen LogP contribution is 2.45. The SMILES string of the molecule is CCOc1ccc(/C(O)=C2\C(=O)C(=O)N(c3nc4ccc([N+](=O)[O-])cc4s3)C2c2cccnc2)cc1C(C)C. The average Bonchev–Trinajstić information content (AvgIpc) is 3.46. The highest BCUT2D eigenvalue weighted by atomic mass is 32.1. The lowest BCUT2D eigenvalue weighted by Crippen LogP contribution is -2.29. The lowest BCUT2D eigenvalue weighted by Gasteiger charge is -2.22. The number of pyridine rings is 1. The Balaban J connectivity index is 1.69. The Labute approximate surface area is 227 Å². The number of carbonyl (C=O) groups excluding carboxylic acids is 2. The molecule has 0 aliphatic carbocycles. The number of rotatable bonds is 7. The van der Waals surface area contributed by atoms with Crippen LogP contribution in [0.3, 0.4) is 0 Å². The highest BCUT2D eigenvalue weighted by molar-refractivity contribution is 7.22. The van der Waals surface area contributed by atoms with Gasteiger partial charge in [0.05, 0.1) is 33.4 Å². The number of aromatic nitrogens is 2. The van der Waals surface area contributed by atoms with E-state index < -0.39 is 22.7 Å². The van der Waals surface area contributed by atoms with Gasteiger partial charge in [0.1, 0.15) is 11.5 Å². The minimum Gasteiger partial charge on any atom is -0.507 e. The molecule has 1 aliphatic heterocycles. The van der Waals surface area contributed by atoms with Crippen LogP contribution in [0.15, 0.2) is 66.5 Å². The van der Waals surface area contributed by atoms with Gasteiger partial charge >= 0.3 is 5.91 Å². The molecule has 1 amide bonds. The summed E-state index contributed by atoms with van der Waals surface area (Å²) < 4.78 is 6.22. The molecule has 1 aliphatic rings. The van der Waals surface area contributed by atoms with Gasteiger partial charge in [0.15, 0.2) is 5.13 Å². The Kier molecular flexibility index (Phi) is 6.83. The highest BCUT2D eigenvalue weighted by Gasteiger charge is 2.48. The van der Waals surface area contributed by atoms with Gasteiger partial charge in [-0.2, -0.15) is 0 Å². The first kappa shape index (κ1) is 26.0. The zero-order chi connectivity index (χ0) is 27.8. The Morgan fingerprint density at radius 2 is 2.00 bits per heavy atom. The molecular weight excluding hydrogens is 520 g/mol. The van der Waals surface area contributed by atoms with Gasteiger partial charge in [-0.1, -0.05) is 31.3 Å². The van der Waals surface area contributed by atoms with E-state index >= 15 is 0 Å². The number of fused-ring (bicyclic) bond motifs is 1. The van der Waals surface area contributed by atoms with Gasteiger partial charge in [0.2, 0.25) is 0 Å². The van der Waals surface area contributed by atoms with Gasteiger partial charge in [0, 0.05) is 30.1 Å². The maximum atomic E-state index is 13.5. The summed E-state index contributed by atoms with van der Waals surface area (Å²) in [5.74, 6) is -1.31. The number of ether oxygens (including phenoxy) is 1. The molecule has 10 nitrogen and oxygen atoms in total. The van der Waals surface area contributed by atoms with Crippen molar-refractivity contribution in [1.29, 1.82) is 0 Å². The fourth-order valence-corrected chi connectivity index (χ4v) is 5.62. The topological polar surface area (TPSA) is 136 Å². The van der Waals surface area contributed by atoms with Crippen molar-refractivity contribution in [2.45, 2.75) is 32.7 Å². The second-order valence-corrected chi connectivity index (χ2v) is 10.2. The summed E-state index contributed by atoms with van der Waals surface area (Å²) in [5.41, 5.74) is 1.95. The normalized spacial score (nSPS) is 16.8. The molecule has 0 bridgehead atoms. The predicted octanol–water partition coefficient (Wildman–Crippen LogP) is 5.75. The number of non-ortho nitro benzene ring substituents is 1. The number of benzene rings is 2. The third kappa shape index (κ3) is 4.61. The number of carbonyl (C=O) groups is 2. The molecule has 2 aromatic heterocycles. The number of amides is 1. The largest absolute Gasteiger partial charge is 0.507 e. The summed E-state index contributed by atoms with van der Waals surface area (Å²) in [6.07, 6.45) is 3.08. The van der Waals surface area contributed by atoms with Gasteiger partial charge in [-0.05, 0) is 54.3 Å². The van der Waals surface area contributed by atoms with E-state index in [1.54, 1.807) is 36.5 Å². The van der Waals surface area contributed by atoms with Crippen LogP contribution in [0.25, 0.3) is 16.0 Å². The summed E-state index contributed by atoms with van der Waals surface area (Å²) in [6.45, 7) is 6.34. The maximum Gasteiger partial charge on any atom is 0.301 e. The van der Waals surface area contributed by atoms with Crippen LogP contribution >= 0.6 is 11.3 Å². The molecule has 1 unspecified atom stereocenters. The Morgan fingerprint density at radius 1 is 1.21 bits per heavy atom. The molecule has 39 heavy (non-hydrogen) atoms. The Hall–Kier alpha value is -4.64. The minimum atomic E-state index is -1.01. The monoisotopic (exact) mass is 544 g/mol. The summed E-state index contributed by atoms with van der Waals surface area (Å²) >= 11 is 1.05. The van der Waals surface area contributed by atoms with Crippen molar-refractivity contribution in [2.24, 2.45) is 0 Å². The van der Waals surface area contributed by atoms with E-state index in [0.29, 0.717) is 33.7 Å². The number of ketones is 1. The molecule has 0 spiro atoms. The second-order valence-electron chi connectivity index (χ2n) is 9.20. The molecule has 0 saturated carbocycles. The van der Waals surface area contributed by atoms with Gasteiger partial charge in [0.25, 0.3) is 11.5 Å². The van der Waals surface area contributed by atoms with Crippen LogP contribution in [0, 0.1) is 10.1 Å². The summed E-state index contributed by atoms with van der Waals surface area (Å²) in [6, 6.07) is 11.7. The van der Waals surface area contributed by atoms with Crippen LogP contribution in [-0.2, 0) is 9.59 Å². The van der Waals surface area contributed by atoms with Crippen LogP contribution in [0.1, 0.15) is 49.4 Å². The third-order valence-corrected chi connectivity index (χ3v) is 7.44. The number of nitro groups is 1. The number of thiazole rings is 1. The van der Waals surface area contributed by atoms with Crippen molar-refractivity contribution in [1.82, 2.24) is 9.97 Å². The van der Waals surface area contributed by atoms with Crippen molar-refractivity contribution >= 4 is 49.8 Å². The van der Waals surface area contributed by atoms with Crippen molar-refractivity contribution in [3.05, 3.63) is 93.3 Å². The van der Waals surface area contributed by atoms with E-state index in [0.717, 1.165) is 16.9 Å². The fourth-order valence-electron chi connectivity index (χ4n) is 4.59. The summed E-state index contributed by atoms with van der Waals surface area (Å²) in [5, 5.41) is 22.9. The van der Waals surface area contributed by atoms with Crippen molar-refractivity contribution in [3.8, 4) is 5.75 Å². The minimum absolute atomic E-state index is 0.0719. The molecule has 3 heterocycles. The Morgan fingerprint density at radius 3 is 2.67 bits per heavy atom. The number of Topliss-reactive ketones (excluding diaryl/α,β-unsaturated/α-hetero) is 1. The number of nitrogens with zero attached hydrogens (tertiary/aromatic N) is 4. The van der Waals surface area contributed by atoms with Crippen LogP contribution in [-0.4, -0.2) is 38.3 Å². The standard InChI is InChI=1S/C28H24N4O6S/c1-4-38-21-10-7-16(12-19(21)15(2)3)25(33)23-24(17-6-5-11-29-14-17)31(27(35)26(23)34)28-30-20-9-8-18(32(36)37)13-22(20)39-28/h5-15,24,33H,4H2,1-3H3/b25-23+. The molecule has 198 valence electrons. The molecule has 1 atom stereocenters. The van der Waals surface area contributed by atoms with E-state index in [-0.39, 0.29) is 28.1 Å². The van der Waals surface area contributed by atoms with Crippen molar-refractivity contribution in [3.63, 3.8) is 0 Å². The predicted molar refractivity (Wildman–Crippen MR) is 147 cm³/mol. The number of aliphatic hydroxyl groups excluding tert-OH is 1. The lowest BCUT2D eigenvalue weighted by atomic mass is 9.94. The fraction of sp³-hybridized carbons (Fsp3) is 0.214. The van der Waals surface area contributed by atoms with Crippen LogP contribution in [0.2, 0.25) is 0 Å². The zero-order valence-corrected chi connectivity index (χ0v) is 22.1. The van der Waals surface area contributed by atoms with Crippen LogP contribution in [0.5, 0.6) is 5.75 Å². The number of anilines is 1. The lowest BCUT2D eigenvalue weighted by molar-refractivity contribution is -0.384. The number of hydrogen-bond acceptors (Lipinski definition) is 9. The molecule has 1 N–H and O–H groups in total. The molecule has 11 heteroatoms. The first-order valence-electron chi connectivity index (χ1n) is 12.2. The number of aliphatic hydroxyl groups is 1. The molecule has 1 saturated heterocycles. The Bertz CT molecular complexity index is 1650. The summed E-state index contributed by atoms with van der Waals surface area (Å²) in [4.78, 5) is 47.5. The van der Waals surface area contributed by atoms with Gasteiger partial charge in [-0.3, -0.25) is 29.6 Å². The van der Waals surface area contributed by atoms with E-state index in [2.05, 4.69) is 9.97 Å². The van der Waals surface area contributed by atoms with E-state index in [9.17, 15) is 24.8 Å². The quantitative estimate of drug-likeness (QED) is 0.102. The summed E-state index contributed by atoms with van der Waals surface area (Å²) in [7, 11) is 0. The maximum absolute atomic E-state index is 13.5. The van der Waals surface area contributed by atoms with Crippen molar-refractivity contribution < 1.29 is 24.4 Å². The van der Waals surface area contributed by atoms with Crippen molar-refractivity contribution in [2.75, 3.05) is 11.5 Å². The third-order valence-electron chi connectivity index (χ3n) is 6.43. The van der Waals surface area contributed by atoms with E-state index in [1.165, 1.54) is 29.3 Å². The first-order valence-corrected chi connectivity index (χ1v) is 13.1. The number of nitro benzene ring substituents is 1. The van der Waals surface area contributed by atoms with Gasteiger partial charge in [-0.25, -0.2) is 4.98 Å². The zero-order valence-electron chi connectivity index (χ0n) is 21.3. The van der Waals surface area contributed by atoms with E-state index in [4.69, 9.17) is 4.74 Å². The van der Waals surface area contributed by atoms with Crippen LogP contribution in [0.4, 0.5) is 10.8 Å².